The molecule has 0 saturated carbocycles. The normalized spacial score (nSPS) is 48.0. The molecule has 0 spiro atoms. The molecule has 1 rings (SSSR count). The lowest BCUT2D eigenvalue weighted by atomic mass is 10.1. The maximum Gasteiger partial charge on any atom is 0.108 e. The molecule has 1 saturated heterocycles. The molecule has 4 heteroatoms. The summed E-state index contributed by atoms with van der Waals surface area (Å²) >= 11 is 5.70. The van der Waals surface area contributed by atoms with Crippen LogP contribution in [0.3, 0.4) is 0 Å². The number of aliphatic hydroxyl groups excluding tert-OH is 2. The predicted molar refractivity (Wildman–Crippen MR) is 37.1 cm³/mol. The van der Waals surface area contributed by atoms with E-state index in [1.165, 1.54) is 0 Å². The molecule has 1 aliphatic heterocycles. The fourth-order valence-electron chi connectivity index (χ4n) is 1.07. The van der Waals surface area contributed by atoms with E-state index in [2.05, 4.69) is 0 Å². The lowest BCUT2D eigenvalue weighted by Gasteiger charge is -2.09. The minimum absolute atomic E-state index is 0.172. The molecule has 10 heavy (non-hydrogen) atoms. The summed E-state index contributed by atoms with van der Waals surface area (Å²) in [4.78, 5) is 0. The fourth-order valence-corrected chi connectivity index (χ4v) is 1.29. The number of hydrogen-bond donors (Lipinski definition) is 2. The van der Waals surface area contributed by atoms with Gasteiger partial charge in [-0.25, -0.2) is 0 Å². The smallest absolute Gasteiger partial charge is 0.108 e. The van der Waals surface area contributed by atoms with E-state index in [1.807, 2.05) is 0 Å². The second kappa shape index (κ2) is 3.05. The molecule has 0 aromatic heterocycles. The molecule has 2 N–H and O–H groups in total. The first kappa shape index (κ1) is 8.27. The highest BCUT2D eigenvalue weighted by Crippen LogP contribution is 2.24. The van der Waals surface area contributed by atoms with Crippen LogP contribution in [0.2, 0.25) is 0 Å². The number of halogens is 1. The quantitative estimate of drug-likeness (QED) is 0.528. The van der Waals surface area contributed by atoms with E-state index >= 15 is 0 Å². The summed E-state index contributed by atoms with van der Waals surface area (Å²) in [5, 5.41) is 17.4. The molecular weight excluding hydrogens is 156 g/mol. The number of aliphatic hydroxyl groups is 2. The summed E-state index contributed by atoms with van der Waals surface area (Å²) in [7, 11) is 0. The Balaban J connectivity index is 2.53. The van der Waals surface area contributed by atoms with Gasteiger partial charge in [0.15, 0.2) is 0 Å². The van der Waals surface area contributed by atoms with Crippen LogP contribution in [0.5, 0.6) is 0 Å². The van der Waals surface area contributed by atoms with Crippen LogP contribution in [-0.4, -0.2) is 40.5 Å². The van der Waals surface area contributed by atoms with Crippen LogP contribution >= 0.6 is 11.6 Å². The van der Waals surface area contributed by atoms with Gasteiger partial charge < -0.3 is 14.9 Å². The maximum absolute atomic E-state index is 9.21. The first-order valence-electron chi connectivity index (χ1n) is 3.25. The van der Waals surface area contributed by atoms with Crippen molar-refractivity contribution in [2.45, 2.75) is 30.6 Å². The van der Waals surface area contributed by atoms with Crippen LogP contribution in [0.15, 0.2) is 0 Å². The maximum atomic E-state index is 9.21. The van der Waals surface area contributed by atoms with Gasteiger partial charge in [0, 0.05) is 0 Å². The molecule has 3 nitrogen and oxygen atoms in total. The minimum atomic E-state index is -0.735. The largest absolute Gasteiger partial charge is 0.394 e. The van der Waals surface area contributed by atoms with E-state index in [1.54, 1.807) is 6.92 Å². The summed E-state index contributed by atoms with van der Waals surface area (Å²) in [6.07, 6.45) is -1.41. The van der Waals surface area contributed by atoms with Gasteiger partial charge in [-0.15, -0.1) is 11.6 Å². The van der Waals surface area contributed by atoms with Crippen molar-refractivity contribution in [2.75, 3.05) is 6.61 Å². The molecule has 0 aromatic rings. The lowest BCUT2D eigenvalue weighted by molar-refractivity contribution is -0.0170. The van der Waals surface area contributed by atoms with Crippen molar-refractivity contribution >= 4 is 11.6 Å². The van der Waals surface area contributed by atoms with Crippen molar-refractivity contribution in [3.8, 4) is 0 Å². The average Bonchev–Trinajstić information content (AvgIpc) is 2.17. The Kier molecular flexibility index (Phi) is 2.52. The lowest BCUT2D eigenvalue weighted by Crippen LogP contribution is -2.29. The Morgan fingerprint density at radius 1 is 1.60 bits per heavy atom. The fraction of sp³-hybridized carbons (Fsp3) is 1.00. The van der Waals surface area contributed by atoms with E-state index in [4.69, 9.17) is 21.4 Å². The van der Waals surface area contributed by atoms with Crippen molar-refractivity contribution in [1.82, 2.24) is 0 Å². The molecular formula is C6H11ClO3. The van der Waals surface area contributed by atoms with Crippen molar-refractivity contribution in [3.63, 3.8) is 0 Å². The number of rotatable bonds is 1. The molecule has 0 radical (unpaired) electrons. The Hall–Kier alpha value is 0.170. The van der Waals surface area contributed by atoms with E-state index in [9.17, 15) is 5.11 Å². The molecule has 0 bridgehead atoms. The topological polar surface area (TPSA) is 49.7 Å². The zero-order chi connectivity index (χ0) is 7.72. The van der Waals surface area contributed by atoms with Crippen LogP contribution in [0.25, 0.3) is 0 Å². The number of hydrogen-bond acceptors (Lipinski definition) is 3. The Labute approximate surface area is 64.6 Å². The van der Waals surface area contributed by atoms with Crippen molar-refractivity contribution in [1.29, 1.82) is 0 Å². The van der Waals surface area contributed by atoms with Crippen LogP contribution in [0.1, 0.15) is 6.92 Å². The monoisotopic (exact) mass is 166 g/mol. The highest BCUT2D eigenvalue weighted by Gasteiger charge is 2.39. The zero-order valence-corrected chi connectivity index (χ0v) is 6.45. The zero-order valence-electron chi connectivity index (χ0n) is 5.70. The van der Waals surface area contributed by atoms with E-state index < -0.39 is 17.6 Å². The molecule has 1 aliphatic rings. The minimum Gasteiger partial charge on any atom is -0.394 e. The van der Waals surface area contributed by atoms with Crippen LogP contribution in [-0.2, 0) is 4.74 Å². The molecule has 60 valence electrons. The Morgan fingerprint density at radius 2 is 2.20 bits per heavy atom. The Bertz CT molecular complexity index is 120. The van der Waals surface area contributed by atoms with Gasteiger partial charge in [-0.1, -0.05) is 0 Å². The third-order valence-electron chi connectivity index (χ3n) is 1.73. The van der Waals surface area contributed by atoms with Crippen molar-refractivity contribution in [3.05, 3.63) is 0 Å². The molecule has 0 aliphatic carbocycles. The summed E-state index contributed by atoms with van der Waals surface area (Å²) in [5.41, 5.74) is 0. The number of alkyl halides is 1. The third kappa shape index (κ3) is 1.27. The van der Waals surface area contributed by atoms with Crippen molar-refractivity contribution < 1.29 is 14.9 Å². The molecule has 0 amide bonds. The molecule has 4 atom stereocenters. The first-order valence-corrected chi connectivity index (χ1v) is 3.69. The van der Waals surface area contributed by atoms with Gasteiger partial charge in [-0.05, 0) is 6.92 Å². The highest BCUT2D eigenvalue weighted by molar-refractivity contribution is 6.21. The van der Waals surface area contributed by atoms with E-state index in [0.29, 0.717) is 0 Å². The molecule has 0 aromatic carbocycles. The second-order valence-electron chi connectivity index (χ2n) is 2.50. The average molecular weight is 167 g/mol. The standard InChI is InChI=1S/C6H11ClO3/c1-3-5(7)6(9)4(2-8)10-3/h3-6,8-9H,2H2,1H3/t3-,4+,5?,6-/m0/s1. The van der Waals surface area contributed by atoms with Crippen LogP contribution < -0.4 is 0 Å². The van der Waals surface area contributed by atoms with Gasteiger partial charge >= 0.3 is 0 Å². The molecule has 1 unspecified atom stereocenters. The van der Waals surface area contributed by atoms with Gasteiger partial charge in [-0.2, -0.15) is 0 Å². The van der Waals surface area contributed by atoms with E-state index in [-0.39, 0.29) is 12.7 Å². The molecule has 1 fully saturated rings. The predicted octanol–water partition coefficient (Wildman–Crippen LogP) is -0.266. The first-order chi connectivity index (χ1) is 4.66. The highest BCUT2D eigenvalue weighted by atomic mass is 35.5. The van der Waals surface area contributed by atoms with Crippen LogP contribution in [0.4, 0.5) is 0 Å². The third-order valence-corrected chi connectivity index (χ3v) is 2.34. The van der Waals surface area contributed by atoms with Gasteiger partial charge in [0.25, 0.3) is 0 Å². The van der Waals surface area contributed by atoms with E-state index in [0.717, 1.165) is 0 Å². The summed E-state index contributed by atoms with van der Waals surface area (Å²) < 4.78 is 5.10. The van der Waals surface area contributed by atoms with Crippen molar-refractivity contribution in [2.24, 2.45) is 0 Å². The Morgan fingerprint density at radius 3 is 2.40 bits per heavy atom. The van der Waals surface area contributed by atoms with Gasteiger partial charge in [0.2, 0.25) is 0 Å². The summed E-state index contributed by atoms with van der Waals surface area (Å²) in [6, 6.07) is 0. The second-order valence-corrected chi connectivity index (χ2v) is 3.00. The summed E-state index contributed by atoms with van der Waals surface area (Å²) in [5.74, 6) is 0. The van der Waals surface area contributed by atoms with Crippen LogP contribution in [0, 0.1) is 0 Å². The van der Waals surface area contributed by atoms with Gasteiger partial charge in [0.1, 0.15) is 12.2 Å². The van der Waals surface area contributed by atoms with Gasteiger partial charge in [0.05, 0.1) is 18.1 Å². The number of ether oxygens (including phenoxy) is 1. The SMILES string of the molecule is C[C@@H]1O[C@H](CO)[C@H](O)C1Cl. The van der Waals surface area contributed by atoms with Gasteiger partial charge in [-0.3, -0.25) is 0 Å². The summed E-state index contributed by atoms with van der Waals surface area (Å²) in [6.45, 7) is 1.60. The molecule has 1 heterocycles.